The van der Waals surface area contributed by atoms with Crippen molar-refractivity contribution in [1.29, 1.82) is 5.26 Å². The molecular formula is C33H30F3N9O. The number of hydrogen-bond acceptors (Lipinski definition) is 7. The Kier molecular flexibility index (Phi) is 7.05. The molecule has 2 aliphatic rings. The first-order chi connectivity index (χ1) is 22.1. The molecule has 1 spiro atoms. The summed E-state index contributed by atoms with van der Waals surface area (Å²) in [5.41, 5.74) is 1.15. The first-order valence-corrected chi connectivity index (χ1v) is 14.9. The lowest BCUT2D eigenvalue weighted by molar-refractivity contribution is -0.136. The highest BCUT2D eigenvalue weighted by Crippen LogP contribution is 2.52. The molecule has 10 nitrogen and oxygen atoms in total. The molecule has 13 heteroatoms. The lowest BCUT2D eigenvalue weighted by Crippen LogP contribution is -2.23. The van der Waals surface area contributed by atoms with Crippen LogP contribution in [0.3, 0.4) is 0 Å². The summed E-state index contributed by atoms with van der Waals surface area (Å²) in [4.78, 5) is 20.7. The van der Waals surface area contributed by atoms with Crippen LogP contribution in [-0.2, 0) is 19.8 Å². The van der Waals surface area contributed by atoms with Crippen molar-refractivity contribution < 1.29 is 13.2 Å². The van der Waals surface area contributed by atoms with Gasteiger partial charge in [-0.15, -0.1) is 16.8 Å². The van der Waals surface area contributed by atoms with Crippen LogP contribution < -0.4 is 11.0 Å². The molecule has 0 unspecified atom stereocenters. The quantitative estimate of drug-likeness (QED) is 0.229. The number of fused-ring (bicyclic) bond motifs is 1. The van der Waals surface area contributed by atoms with Crippen molar-refractivity contribution in [3.63, 3.8) is 0 Å². The van der Waals surface area contributed by atoms with Crippen LogP contribution in [0.2, 0.25) is 0 Å². The van der Waals surface area contributed by atoms with E-state index < -0.39 is 17.4 Å². The summed E-state index contributed by atoms with van der Waals surface area (Å²) in [5.74, 6) is 1.01. The zero-order chi connectivity index (χ0) is 32.2. The SMILES string of the molecule is C=CCNc1cc(-c2cc(C#N)ccc2-c2nncn2C)cc(-n2cc3c(C(F)(F)F)cc(CN4CCC5(CC5)C4)cn3c2=O)n1. The van der Waals surface area contributed by atoms with Crippen molar-refractivity contribution in [3.05, 3.63) is 94.9 Å². The van der Waals surface area contributed by atoms with E-state index >= 15 is 0 Å². The van der Waals surface area contributed by atoms with Gasteiger partial charge in [0, 0.05) is 44.6 Å². The van der Waals surface area contributed by atoms with Gasteiger partial charge in [0.05, 0.1) is 22.7 Å². The van der Waals surface area contributed by atoms with E-state index in [1.54, 1.807) is 54.3 Å². The van der Waals surface area contributed by atoms with Gasteiger partial charge in [-0.1, -0.05) is 6.08 Å². The molecule has 46 heavy (non-hydrogen) atoms. The molecule has 2 fully saturated rings. The molecule has 1 aromatic carbocycles. The topological polar surface area (TPSA) is 109 Å². The largest absolute Gasteiger partial charge is 0.418 e. The fourth-order valence-corrected chi connectivity index (χ4v) is 6.37. The number of nitriles is 1. The maximum atomic E-state index is 14.4. The Morgan fingerprint density at radius 1 is 1.13 bits per heavy atom. The normalized spacial score (nSPS) is 15.8. The van der Waals surface area contributed by atoms with Gasteiger partial charge in [-0.05, 0) is 84.3 Å². The van der Waals surface area contributed by atoms with Gasteiger partial charge in [0.25, 0.3) is 0 Å². The summed E-state index contributed by atoms with van der Waals surface area (Å²) in [6, 6.07) is 11.8. The molecule has 234 valence electrons. The van der Waals surface area contributed by atoms with E-state index in [1.807, 2.05) is 0 Å². The molecular weight excluding hydrogens is 595 g/mol. The highest BCUT2D eigenvalue weighted by atomic mass is 19.4. The summed E-state index contributed by atoms with van der Waals surface area (Å²) >= 11 is 0. The predicted molar refractivity (Wildman–Crippen MR) is 166 cm³/mol. The molecule has 4 aromatic heterocycles. The van der Waals surface area contributed by atoms with E-state index in [1.165, 1.54) is 12.4 Å². The van der Waals surface area contributed by atoms with E-state index in [4.69, 9.17) is 0 Å². The molecule has 0 bridgehead atoms. The number of benzene rings is 1. The zero-order valence-corrected chi connectivity index (χ0v) is 25.1. The highest BCUT2D eigenvalue weighted by Gasteiger charge is 2.47. The van der Waals surface area contributed by atoms with Gasteiger partial charge in [0.15, 0.2) is 5.82 Å². The first-order valence-electron chi connectivity index (χ1n) is 14.9. The minimum atomic E-state index is -4.68. The molecule has 5 heterocycles. The lowest BCUT2D eigenvalue weighted by Gasteiger charge is -2.17. The molecule has 5 aromatic rings. The van der Waals surface area contributed by atoms with Crippen molar-refractivity contribution in [1.82, 2.24) is 33.6 Å². The van der Waals surface area contributed by atoms with Gasteiger partial charge in [-0.25, -0.2) is 9.78 Å². The number of imidazole rings is 1. The summed E-state index contributed by atoms with van der Waals surface area (Å²) in [6.07, 6.45) is 4.57. The molecule has 0 radical (unpaired) electrons. The van der Waals surface area contributed by atoms with Crippen molar-refractivity contribution in [2.45, 2.75) is 32.0 Å². The fourth-order valence-electron chi connectivity index (χ4n) is 6.37. The zero-order valence-electron chi connectivity index (χ0n) is 25.1. The number of rotatable bonds is 8. The Hall–Kier alpha value is -5.22. The molecule has 1 saturated carbocycles. The summed E-state index contributed by atoms with van der Waals surface area (Å²) < 4.78 is 47.3. The number of aromatic nitrogens is 6. The summed E-state index contributed by atoms with van der Waals surface area (Å²) in [5, 5.41) is 21.0. The second-order valence-electron chi connectivity index (χ2n) is 12.2. The lowest BCUT2D eigenvalue weighted by atomic mass is 9.97. The highest BCUT2D eigenvalue weighted by molar-refractivity contribution is 5.83. The Morgan fingerprint density at radius 2 is 1.96 bits per heavy atom. The van der Waals surface area contributed by atoms with Gasteiger partial charge in [-0.3, -0.25) is 13.9 Å². The van der Waals surface area contributed by atoms with Crippen LogP contribution >= 0.6 is 0 Å². The molecule has 1 saturated heterocycles. The average molecular weight is 626 g/mol. The van der Waals surface area contributed by atoms with E-state index in [2.05, 4.69) is 38.0 Å². The monoisotopic (exact) mass is 625 g/mol. The minimum Gasteiger partial charge on any atom is -0.367 e. The van der Waals surface area contributed by atoms with Crippen LogP contribution in [0, 0.1) is 16.7 Å². The smallest absolute Gasteiger partial charge is 0.367 e. The van der Waals surface area contributed by atoms with Crippen molar-refractivity contribution in [2.75, 3.05) is 25.0 Å². The Labute approximate surface area is 262 Å². The van der Waals surface area contributed by atoms with E-state index in [-0.39, 0.29) is 11.3 Å². The van der Waals surface area contributed by atoms with Gasteiger partial charge >= 0.3 is 11.9 Å². The van der Waals surface area contributed by atoms with Crippen LogP contribution in [0.5, 0.6) is 0 Å². The molecule has 1 aliphatic heterocycles. The van der Waals surface area contributed by atoms with Crippen LogP contribution in [0.4, 0.5) is 19.0 Å². The van der Waals surface area contributed by atoms with Crippen molar-refractivity contribution >= 4 is 11.3 Å². The molecule has 1 aliphatic carbocycles. The number of nitrogens with zero attached hydrogens (tertiary/aromatic N) is 8. The minimum absolute atomic E-state index is 0.105. The Morgan fingerprint density at radius 3 is 2.63 bits per heavy atom. The average Bonchev–Trinajstić information content (AvgIpc) is 3.29. The van der Waals surface area contributed by atoms with E-state index in [9.17, 15) is 23.2 Å². The molecule has 0 amide bonds. The third-order valence-corrected chi connectivity index (χ3v) is 8.91. The van der Waals surface area contributed by atoms with Crippen molar-refractivity contribution in [2.24, 2.45) is 12.5 Å². The van der Waals surface area contributed by atoms with Gasteiger partial charge in [-0.2, -0.15) is 18.4 Å². The number of nitrogens with one attached hydrogen (secondary N) is 1. The standard InChI is InChI=1S/C33H30F3N9O/c1-3-9-38-28-13-23(25-11-21(15-37)4-5-24(25)30-41-39-20-42(30)2)14-29(40-28)45-18-27-26(33(34,35)36)12-22(17-44(27)31(45)46)16-43-10-8-32(19-43)6-7-32/h3-5,11-14,17-18,20H,1,6-10,16,19H2,2H3,(H,38,40). The summed E-state index contributed by atoms with van der Waals surface area (Å²) in [6.45, 7) is 6.11. The number of hydrogen-bond donors (Lipinski definition) is 1. The number of likely N-dealkylation sites (tertiary alicyclic amines) is 1. The van der Waals surface area contributed by atoms with Gasteiger partial charge in [0.1, 0.15) is 18.0 Å². The van der Waals surface area contributed by atoms with Crippen LogP contribution in [0.1, 0.15) is 36.0 Å². The number of halogens is 3. The van der Waals surface area contributed by atoms with Gasteiger partial charge in [0.2, 0.25) is 0 Å². The van der Waals surface area contributed by atoms with Crippen LogP contribution in [-0.4, -0.2) is 53.3 Å². The predicted octanol–water partition coefficient (Wildman–Crippen LogP) is 5.42. The Balaban J connectivity index is 1.38. The third-order valence-electron chi connectivity index (χ3n) is 8.91. The summed E-state index contributed by atoms with van der Waals surface area (Å²) in [7, 11) is 1.79. The number of pyridine rings is 2. The van der Waals surface area contributed by atoms with E-state index in [0.717, 1.165) is 47.4 Å². The van der Waals surface area contributed by atoms with Crippen molar-refractivity contribution in [3.8, 4) is 34.4 Å². The number of alkyl halides is 3. The maximum absolute atomic E-state index is 14.4. The second-order valence-corrected chi connectivity index (χ2v) is 12.2. The number of anilines is 1. The third kappa shape index (κ3) is 5.34. The second kappa shape index (κ2) is 11.0. The molecule has 0 atom stereocenters. The molecule has 7 rings (SSSR count). The van der Waals surface area contributed by atoms with Gasteiger partial charge < -0.3 is 9.88 Å². The fraction of sp³-hybridized carbons (Fsp3) is 0.303. The van der Waals surface area contributed by atoms with E-state index in [0.29, 0.717) is 58.0 Å². The maximum Gasteiger partial charge on any atom is 0.418 e. The van der Waals surface area contributed by atoms with Crippen LogP contribution in [0.25, 0.3) is 33.8 Å². The molecule has 1 N–H and O–H groups in total. The van der Waals surface area contributed by atoms with Crippen LogP contribution in [0.15, 0.2) is 72.6 Å². The first kappa shape index (κ1) is 29.5. The Bertz CT molecular complexity index is 2100. The number of aryl methyl sites for hydroxylation is 1.